The summed E-state index contributed by atoms with van der Waals surface area (Å²) in [6.45, 7) is 13.0. The monoisotopic (exact) mass is 319 g/mol. The van der Waals surface area contributed by atoms with Gasteiger partial charge >= 0.3 is 0 Å². The predicted molar refractivity (Wildman–Crippen MR) is 92.8 cm³/mol. The molecule has 128 valence electrons. The highest BCUT2D eigenvalue weighted by atomic mass is 16.2. The SMILES string of the molecule is CCCN(CCC)C(=O)c1ccc(N2CCN(CC)CC2)nn1. The zero-order valence-corrected chi connectivity index (χ0v) is 14.7. The summed E-state index contributed by atoms with van der Waals surface area (Å²) in [7, 11) is 0. The Morgan fingerprint density at radius 2 is 1.70 bits per heavy atom. The van der Waals surface area contributed by atoms with E-state index >= 15 is 0 Å². The maximum Gasteiger partial charge on any atom is 0.274 e. The third-order valence-electron chi connectivity index (χ3n) is 4.29. The van der Waals surface area contributed by atoms with Crippen molar-refractivity contribution in [2.75, 3.05) is 50.7 Å². The number of aromatic nitrogens is 2. The van der Waals surface area contributed by atoms with E-state index in [0.717, 1.165) is 64.5 Å². The van der Waals surface area contributed by atoms with Crippen LogP contribution in [0.25, 0.3) is 0 Å². The van der Waals surface area contributed by atoms with E-state index in [4.69, 9.17) is 0 Å². The summed E-state index contributed by atoms with van der Waals surface area (Å²) in [5.41, 5.74) is 0.447. The maximum atomic E-state index is 12.5. The number of carbonyl (C=O) groups is 1. The van der Waals surface area contributed by atoms with Gasteiger partial charge in [-0.05, 0) is 31.5 Å². The number of carbonyl (C=O) groups excluding carboxylic acids is 1. The number of hydrogen-bond donors (Lipinski definition) is 0. The lowest BCUT2D eigenvalue weighted by molar-refractivity contribution is 0.0748. The summed E-state index contributed by atoms with van der Waals surface area (Å²) >= 11 is 0. The highest BCUT2D eigenvalue weighted by Crippen LogP contribution is 2.13. The molecule has 23 heavy (non-hydrogen) atoms. The number of anilines is 1. The van der Waals surface area contributed by atoms with Crippen molar-refractivity contribution < 1.29 is 4.79 Å². The quantitative estimate of drug-likeness (QED) is 0.768. The molecule has 1 amide bonds. The fraction of sp³-hybridized carbons (Fsp3) is 0.706. The van der Waals surface area contributed by atoms with Crippen LogP contribution >= 0.6 is 0 Å². The second-order valence-corrected chi connectivity index (χ2v) is 5.99. The van der Waals surface area contributed by atoms with Crippen molar-refractivity contribution in [2.45, 2.75) is 33.6 Å². The van der Waals surface area contributed by atoms with Gasteiger partial charge in [0.05, 0.1) is 0 Å². The minimum absolute atomic E-state index is 0.0106. The van der Waals surface area contributed by atoms with Gasteiger partial charge in [-0.25, -0.2) is 0 Å². The molecule has 0 aliphatic carbocycles. The van der Waals surface area contributed by atoms with Gasteiger partial charge in [0, 0.05) is 39.3 Å². The first-order chi connectivity index (χ1) is 11.2. The van der Waals surface area contributed by atoms with Crippen LogP contribution in [0, 0.1) is 0 Å². The second kappa shape index (κ2) is 8.82. The molecular formula is C17H29N5O. The van der Waals surface area contributed by atoms with E-state index in [-0.39, 0.29) is 5.91 Å². The molecule has 1 aliphatic rings. The minimum atomic E-state index is -0.0106. The van der Waals surface area contributed by atoms with Crippen LogP contribution in [0.5, 0.6) is 0 Å². The average Bonchev–Trinajstić information content (AvgIpc) is 2.61. The molecule has 1 aromatic heterocycles. The number of likely N-dealkylation sites (N-methyl/N-ethyl adjacent to an activating group) is 1. The fourth-order valence-corrected chi connectivity index (χ4v) is 2.92. The molecule has 0 saturated carbocycles. The second-order valence-electron chi connectivity index (χ2n) is 5.99. The molecule has 0 atom stereocenters. The first kappa shape index (κ1) is 17.7. The summed E-state index contributed by atoms with van der Waals surface area (Å²) in [5, 5.41) is 8.47. The molecule has 0 radical (unpaired) electrons. The standard InChI is InChI=1S/C17H29N5O/c1-4-9-22(10-5-2)17(23)15-7-8-16(19-18-15)21-13-11-20(6-3)12-14-21/h7-8H,4-6,9-14H2,1-3H3. The van der Waals surface area contributed by atoms with Crippen molar-refractivity contribution in [3.8, 4) is 0 Å². The van der Waals surface area contributed by atoms with Crippen LogP contribution < -0.4 is 4.90 Å². The van der Waals surface area contributed by atoms with Crippen LogP contribution in [0.1, 0.15) is 44.1 Å². The number of piperazine rings is 1. The van der Waals surface area contributed by atoms with Gasteiger partial charge in [0.15, 0.2) is 11.5 Å². The van der Waals surface area contributed by atoms with E-state index in [2.05, 4.69) is 40.8 Å². The summed E-state index contributed by atoms with van der Waals surface area (Å²) in [6.07, 6.45) is 1.91. The lowest BCUT2D eigenvalue weighted by Gasteiger charge is -2.34. The van der Waals surface area contributed by atoms with Crippen LogP contribution in [-0.4, -0.2) is 71.7 Å². The summed E-state index contributed by atoms with van der Waals surface area (Å²) in [4.78, 5) is 19.0. The Morgan fingerprint density at radius 3 is 2.17 bits per heavy atom. The van der Waals surface area contributed by atoms with Crippen molar-refractivity contribution in [3.63, 3.8) is 0 Å². The number of amides is 1. The molecule has 2 rings (SSSR count). The first-order valence-electron chi connectivity index (χ1n) is 8.79. The van der Waals surface area contributed by atoms with Gasteiger partial charge in [-0.1, -0.05) is 20.8 Å². The molecule has 2 heterocycles. The molecule has 1 fully saturated rings. The zero-order valence-electron chi connectivity index (χ0n) is 14.7. The van der Waals surface area contributed by atoms with Crippen LogP contribution in [0.4, 0.5) is 5.82 Å². The van der Waals surface area contributed by atoms with Crippen molar-refractivity contribution in [2.24, 2.45) is 0 Å². The van der Waals surface area contributed by atoms with Crippen molar-refractivity contribution >= 4 is 11.7 Å². The zero-order chi connectivity index (χ0) is 16.7. The predicted octanol–water partition coefficient (Wildman–Crippen LogP) is 1.88. The van der Waals surface area contributed by atoms with Gasteiger partial charge in [0.25, 0.3) is 5.91 Å². The third kappa shape index (κ3) is 4.64. The molecule has 0 bridgehead atoms. The van der Waals surface area contributed by atoms with Crippen molar-refractivity contribution in [1.82, 2.24) is 20.0 Å². The van der Waals surface area contributed by atoms with E-state index in [9.17, 15) is 4.79 Å². The van der Waals surface area contributed by atoms with Crippen LogP contribution in [0.2, 0.25) is 0 Å². The lowest BCUT2D eigenvalue weighted by atomic mass is 10.2. The Labute approximate surface area is 139 Å². The number of rotatable bonds is 7. The van der Waals surface area contributed by atoms with Gasteiger partial charge in [0.1, 0.15) is 0 Å². The maximum absolute atomic E-state index is 12.5. The lowest BCUT2D eigenvalue weighted by Crippen LogP contribution is -2.46. The van der Waals surface area contributed by atoms with E-state index in [1.54, 1.807) is 0 Å². The Kier molecular flexibility index (Phi) is 6.77. The van der Waals surface area contributed by atoms with E-state index < -0.39 is 0 Å². The minimum Gasteiger partial charge on any atom is -0.353 e. The highest BCUT2D eigenvalue weighted by molar-refractivity contribution is 5.92. The molecule has 6 nitrogen and oxygen atoms in total. The Hall–Kier alpha value is -1.69. The van der Waals surface area contributed by atoms with E-state index in [1.165, 1.54) is 0 Å². The van der Waals surface area contributed by atoms with Gasteiger partial charge < -0.3 is 14.7 Å². The molecular weight excluding hydrogens is 290 g/mol. The van der Waals surface area contributed by atoms with Crippen LogP contribution in [-0.2, 0) is 0 Å². The normalized spacial score (nSPS) is 15.7. The molecule has 6 heteroatoms. The first-order valence-corrected chi connectivity index (χ1v) is 8.79. The summed E-state index contributed by atoms with van der Waals surface area (Å²) < 4.78 is 0. The summed E-state index contributed by atoms with van der Waals surface area (Å²) in [6, 6.07) is 3.74. The number of nitrogens with zero attached hydrogens (tertiary/aromatic N) is 5. The highest BCUT2D eigenvalue weighted by Gasteiger charge is 2.19. The van der Waals surface area contributed by atoms with E-state index in [1.807, 2.05) is 17.0 Å². The molecule has 0 aromatic carbocycles. The van der Waals surface area contributed by atoms with Crippen molar-refractivity contribution in [1.29, 1.82) is 0 Å². The fourth-order valence-electron chi connectivity index (χ4n) is 2.92. The molecule has 0 unspecified atom stereocenters. The smallest absolute Gasteiger partial charge is 0.274 e. The largest absolute Gasteiger partial charge is 0.353 e. The molecule has 0 N–H and O–H groups in total. The Morgan fingerprint density at radius 1 is 1.04 bits per heavy atom. The van der Waals surface area contributed by atoms with Gasteiger partial charge in [-0.3, -0.25) is 4.79 Å². The molecule has 1 aromatic rings. The molecule has 1 saturated heterocycles. The van der Waals surface area contributed by atoms with Crippen molar-refractivity contribution in [3.05, 3.63) is 17.8 Å². The molecule has 0 spiro atoms. The van der Waals surface area contributed by atoms with Gasteiger partial charge in [-0.2, -0.15) is 0 Å². The Balaban J connectivity index is 2.00. The van der Waals surface area contributed by atoms with Gasteiger partial charge in [-0.15, -0.1) is 10.2 Å². The van der Waals surface area contributed by atoms with Gasteiger partial charge in [0.2, 0.25) is 0 Å². The van der Waals surface area contributed by atoms with E-state index in [0.29, 0.717) is 5.69 Å². The topological polar surface area (TPSA) is 52.6 Å². The summed E-state index contributed by atoms with van der Waals surface area (Å²) in [5.74, 6) is 0.860. The van der Waals surface area contributed by atoms with Crippen LogP contribution in [0.3, 0.4) is 0 Å². The van der Waals surface area contributed by atoms with Crippen LogP contribution in [0.15, 0.2) is 12.1 Å². The average molecular weight is 319 g/mol. The molecule has 1 aliphatic heterocycles. The number of hydrogen-bond acceptors (Lipinski definition) is 5. The third-order valence-corrected chi connectivity index (χ3v) is 4.29. The Bertz CT molecular complexity index is 476.